The molecule has 2 aromatic rings. The first-order chi connectivity index (χ1) is 11.5. The molecule has 4 N–H and O–H groups in total. The highest BCUT2D eigenvalue weighted by Crippen LogP contribution is 2.31. The summed E-state index contributed by atoms with van der Waals surface area (Å²) in [6.45, 7) is 4.39. The van der Waals surface area contributed by atoms with Crippen molar-refractivity contribution in [2.24, 2.45) is 0 Å². The number of anilines is 2. The third-order valence-electron chi connectivity index (χ3n) is 4.72. The van der Waals surface area contributed by atoms with Crippen molar-refractivity contribution in [3.8, 4) is 0 Å². The molecular formula is C20H25N3O. The van der Waals surface area contributed by atoms with Crippen LogP contribution in [0.3, 0.4) is 0 Å². The number of benzene rings is 2. The van der Waals surface area contributed by atoms with Crippen LogP contribution in [0.1, 0.15) is 41.1 Å². The van der Waals surface area contributed by atoms with E-state index in [9.17, 15) is 4.79 Å². The third kappa shape index (κ3) is 3.53. The van der Waals surface area contributed by atoms with E-state index in [1.807, 2.05) is 24.3 Å². The van der Waals surface area contributed by atoms with Gasteiger partial charge in [-0.3, -0.25) is 4.79 Å². The Bertz CT molecular complexity index is 734. The van der Waals surface area contributed by atoms with Gasteiger partial charge in [-0.2, -0.15) is 0 Å². The summed E-state index contributed by atoms with van der Waals surface area (Å²) in [4.78, 5) is 12.4. The van der Waals surface area contributed by atoms with E-state index >= 15 is 0 Å². The first kappa shape index (κ1) is 16.4. The van der Waals surface area contributed by atoms with Crippen molar-refractivity contribution in [3.05, 3.63) is 58.7 Å². The largest absolute Gasteiger partial charge is 0.399 e. The molecule has 0 spiro atoms. The molecule has 126 valence electrons. The monoisotopic (exact) mass is 323 g/mol. The summed E-state index contributed by atoms with van der Waals surface area (Å²) in [5.74, 6) is 0.0207. The summed E-state index contributed by atoms with van der Waals surface area (Å²) in [6.07, 6.45) is 3.09. The van der Waals surface area contributed by atoms with Crippen LogP contribution in [-0.2, 0) is 11.2 Å². The van der Waals surface area contributed by atoms with Crippen molar-refractivity contribution in [3.63, 3.8) is 0 Å². The minimum absolute atomic E-state index is 0.0207. The number of amides is 1. The zero-order valence-corrected chi connectivity index (χ0v) is 14.4. The number of carbonyl (C=O) groups excluding carboxylic acids is 1. The topological polar surface area (TPSA) is 67.2 Å². The number of nitrogens with one attached hydrogen (secondary N) is 2. The lowest BCUT2D eigenvalue weighted by Gasteiger charge is -2.27. The Kier molecular flexibility index (Phi) is 4.74. The number of hydrogen-bond acceptors (Lipinski definition) is 3. The maximum Gasteiger partial charge on any atom is 0.239 e. The molecule has 0 aromatic heterocycles. The van der Waals surface area contributed by atoms with Gasteiger partial charge in [-0.05, 0) is 67.5 Å². The summed E-state index contributed by atoms with van der Waals surface area (Å²) < 4.78 is 0. The van der Waals surface area contributed by atoms with Crippen LogP contribution in [-0.4, -0.2) is 12.5 Å². The normalized spacial score (nSPS) is 16.3. The van der Waals surface area contributed by atoms with Crippen molar-refractivity contribution < 1.29 is 4.79 Å². The average molecular weight is 323 g/mol. The second kappa shape index (κ2) is 6.95. The first-order valence-corrected chi connectivity index (χ1v) is 8.52. The molecule has 0 saturated heterocycles. The minimum atomic E-state index is 0.0207. The van der Waals surface area contributed by atoms with E-state index in [1.165, 1.54) is 11.1 Å². The van der Waals surface area contributed by atoms with Crippen LogP contribution in [0.25, 0.3) is 0 Å². The smallest absolute Gasteiger partial charge is 0.239 e. The van der Waals surface area contributed by atoms with Crippen LogP contribution in [0.15, 0.2) is 36.4 Å². The highest BCUT2D eigenvalue weighted by molar-refractivity contribution is 5.81. The molecule has 1 unspecified atom stereocenters. The lowest BCUT2D eigenvalue weighted by molar-refractivity contribution is -0.120. The van der Waals surface area contributed by atoms with E-state index in [-0.39, 0.29) is 18.5 Å². The van der Waals surface area contributed by atoms with Gasteiger partial charge in [0.25, 0.3) is 0 Å². The molecule has 3 rings (SSSR count). The van der Waals surface area contributed by atoms with Crippen LogP contribution in [0.2, 0.25) is 0 Å². The lowest BCUT2D eigenvalue weighted by atomic mass is 9.87. The van der Waals surface area contributed by atoms with E-state index < -0.39 is 0 Å². The molecule has 0 saturated carbocycles. The second-order valence-electron chi connectivity index (χ2n) is 6.59. The number of fused-ring (bicyclic) bond motifs is 1. The van der Waals surface area contributed by atoms with Gasteiger partial charge in [-0.1, -0.05) is 24.3 Å². The molecule has 0 bridgehead atoms. The Hall–Kier alpha value is -2.49. The van der Waals surface area contributed by atoms with Crippen molar-refractivity contribution >= 4 is 17.3 Å². The number of carbonyl (C=O) groups is 1. The fourth-order valence-corrected chi connectivity index (χ4v) is 3.49. The molecule has 0 aliphatic heterocycles. The van der Waals surface area contributed by atoms with Gasteiger partial charge in [0.1, 0.15) is 0 Å². The van der Waals surface area contributed by atoms with E-state index in [0.29, 0.717) is 0 Å². The maximum absolute atomic E-state index is 12.4. The fraction of sp³-hybridized carbons (Fsp3) is 0.350. The molecule has 1 aliphatic rings. The molecule has 0 heterocycles. The molecule has 4 nitrogen and oxygen atoms in total. The average Bonchev–Trinajstić information content (AvgIpc) is 2.54. The number of rotatable bonds is 4. The molecule has 2 aromatic carbocycles. The van der Waals surface area contributed by atoms with Crippen molar-refractivity contribution in [2.75, 3.05) is 17.6 Å². The summed E-state index contributed by atoms with van der Waals surface area (Å²) in [7, 11) is 0. The van der Waals surface area contributed by atoms with E-state index in [0.717, 1.165) is 41.8 Å². The number of nitrogens with two attached hydrogens (primary N) is 1. The predicted octanol–water partition coefficient (Wildman–Crippen LogP) is 3.49. The highest BCUT2D eigenvalue weighted by Gasteiger charge is 2.21. The van der Waals surface area contributed by atoms with E-state index in [1.54, 1.807) is 0 Å². The van der Waals surface area contributed by atoms with Gasteiger partial charge in [0.05, 0.1) is 12.6 Å². The summed E-state index contributed by atoms with van der Waals surface area (Å²) in [5.41, 5.74) is 12.5. The van der Waals surface area contributed by atoms with Gasteiger partial charge >= 0.3 is 0 Å². The van der Waals surface area contributed by atoms with Gasteiger partial charge in [0.2, 0.25) is 5.91 Å². The van der Waals surface area contributed by atoms with Crippen molar-refractivity contribution in [2.45, 2.75) is 39.2 Å². The van der Waals surface area contributed by atoms with Crippen LogP contribution in [0.4, 0.5) is 11.4 Å². The Morgan fingerprint density at radius 1 is 1.21 bits per heavy atom. The van der Waals surface area contributed by atoms with Gasteiger partial charge in [0.15, 0.2) is 0 Å². The molecule has 24 heavy (non-hydrogen) atoms. The number of hydrogen-bond donors (Lipinski definition) is 3. The summed E-state index contributed by atoms with van der Waals surface area (Å²) >= 11 is 0. The molecule has 1 amide bonds. The van der Waals surface area contributed by atoms with Crippen LogP contribution < -0.4 is 16.4 Å². The first-order valence-electron chi connectivity index (χ1n) is 8.52. The van der Waals surface area contributed by atoms with E-state index in [2.05, 4.69) is 36.6 Å². The minimum Gasteiger partial charge on any atom is -0.399 e. The van der Waals surface area contributed by atoms with Crippen molar-refractivity contribution in [1.29, 1.82) is 0 Å². The summed E-state index contributed by atoms with van der Waals surface area (Å²) in [5, 5.41) is 6.43. The lowest BCUT2D eigenvalue weighted by Crippen LogP contribution is -2.35. The molecule has 0 radical (unpaired) electrons. The summed E-state index contributed by atoms with van der Waals surface area (Å²) in [6, 6.07) is 12.2. The predicted molar refractivity (Wildman–Crippen MR) is 99.1 cm³/mol. The quantitative estimate of drug-likeness (QED) is 0.755. The fourth-order valence-electron chi connectivity index (χ4n) is 3.49. The second-order valence-corrected chi connectivity index (χ2v) is 6.59. The SMILES string of the molecule is Cc1cccc(C)c1NCC(=O)NC1CCCc2cc(N)ccc21. The molecular weight excluding hydrogens is 298 g/mol. The number of para-hydroxylation sites is 1. The van der Waals surface area contributed by atoms with Crippen LogP contribution in [0, 0.1) is 13.8 Å². The Morgan fingerprint density at radius 3 is 2.71 bits per heavy atom. The third-order valence-corrected chi connectivity index (χ3v) is 4.72. The van der Waals surface area contributed by atoms with Crippen molar-refractivity contribution in [1.82, 2.24) is 5.32 Å². The number of aryl methyl sites for hydroxylation is 3. The van der Waals surface area contributed by atoms with Gasteiger partial charge < -0.3 is 16.4 Å². The Balaban J connectivity index is 1.64. The molecule has 4 heteroatoms. The van der Waals surface area contributed by atoms with Gasteiger partial charge in [-0.25, -0.2) is 0 Å². The maximum atomic E-state index is 12.4. The van der Waals surface area contributed by atoms with Gasteiger partial charge in [-0.15, -0.1) is 0 Å². The molecule has 0 fully saturated rings. The zero-order valence-electron chi connectivity index (χ0n) is 14.4. The van der Waals surface area contributed by atoms with Crippen LogP contribution in [0.5, 0.6) is 0 Å². The van der Waals surface area contributed by atoms with Crippen LogP contribution >= 0.6 is 0 Å². The highest BCUT2D eigenvalue weighted by atomic mass is 16.1. The zero-order chi connectivity index (χ0) is 17.1. The molecule has 1 aliphatic carbocycles. The Labute approximate surface area is 143 Å². The van der Waals surface area contributed by atoms with Gasteiger partial charge in [0, 0.05) is 11.4 Å². The molecule has 1 atom stereocenters. The number of nitrogen functional groups attached to an aromatic ring is 1. The standard InChI is InChI=1S/C20H25N3O/c1-13-5-3-6-14(2)20(13)22-12-19(24)23-18-8-4-7-15-11-16(21)9-10-17(15)18/h3,5-6,9-11,18,22H,4,7-8,12,21H2,1-2H3,(H,23,24). The Morgan fingerprint density at radius 2 is 1.96 bits per heavy atom. The van der Waals surface area contributed by atoms with E-state index in [4.69, 9.17) is 5.73 Å².